The highest BCUT2D eigenvalue weighted by atomic mass is 79.9. The van der Waals surface area contributed by atoms with Crippen LogP contribution in [0.25, 0.3) is 0 Å². The van der Waals surface area contributed by atoms with Gasteiger partial charge in [-0.3, -0.25) is 0 Å². The fourth-order valence-corrected chi connectivity index (χ4v) is 2.16. The number of pyridine rings is 1. The van der Waals surface area contributed by atoms with Gasteiger partial charge < -0.3 is 14.8 Å². The average Bonchev–Trinajstić information content (AvgIpc) is 2.50. The molecule has 0 amide bonds. The van der Waals surface area contributed by atoms with Gasteiger partial charge in [-0.2, -0.15) is 0 Å². The molecule has 0 saturated carbocycles. The molecular formula is C15H16BrFN2O2. The van der Waals surface area contributed by atoms with E-state index in [-0.39, 0.29) is 5.88 Å². The minimum absolute atomic E-state index is 0.0451. The average molecular weight is 355 g/mol. The second kappa shape index (κ2) is 7.38. The fraction of sp³-hybridized carbons (Fsp3) is 0.267. The number of rotatable bonds is 6. The smallest absolute Gasteiger partial charge is 0.256 e. The molecule has 0 aliphatic heterocycles. The van der Waals surface area contributed by atoms with Gasteiger partial charge >= 0.3 is 0 Å². The van der Waals surface area contributed by atoms with E-state index >= 15 is 0 Å². The molecule has 0 aliphatic rings. The van der Waals surface area contributed by atoms with Crippen molar-refractivity contribution in [3.8, 4) is 17.4 Å². The molecule has 0 fully saturated rings. The highest BCUT2D eigenvalue weighted by Crippen LogP contribution is 2.33. The Balaban J connectivity index is 2.23. The lowest BCUT2D eigenvalue weighted by Gasteiger charge is -2.11. The Hall–Kier alpha value is -1.66. The van der Waals surface area contributed by atoms with Crippen LogP contribution in [0, 0.1) is 5.82 Å². The zero-order valence-electron chi connectivity index (χ0n) is 11.8. The minimum atomic E-state index is -0.457. The van der Waals surface area contributed by atoms with Crippen LogP contribution in [0.2, 0.25) is 0 Å². The zero-order valence-corrected chi connectivity index (χ0v) is 13.4. The molecule has 112 valence electrons. The predicted octanol–water partition coefficient (Wildman–Crippen LogP) is 3.89. The Morgan fingerprint density at radius 2 is 2.14 bits per heavy atom. The topological polar surface area (TPSA) is 43.4 Å². The van der Waals surface area contributed by atoms with E-state index in [0.717, 1.165) is 6.54 Å². The molecule has 0 atom stereocenters. The van der Waals surface area contributed by atoms with Crippen molar-refractivity contribution in [3.63, 3.8) is 0 Å². The standard InChI is InChI=1S/C15H16BrFN2O2/c1-3-18-9-10-6-7-19-15(14(10)17)21-13-5-4-11(20-2)8-12(13)16/h4-8,18H,3,9H2,1-2H3. The molecule has 4 nitrogen and oxygen atoms in total. The summed E-state index contributed by atoms with van der Waals surface area (Å²) in [4.78, 5) is 3.95. The Labute approximate surface area is 131 Å². The molecule has 1 aromatic carbocycles. The molecule has 2 rings (SSSR count). The first kappa shape index (κ1) is 15.7. The summed E-state index contributed by atoms with van der Waals surface area (Å²) in [7, 11) is 1.58. The number of benzene rings is 1. The molecule has 21 heavy (non-hydrogen) atoms. The summed E-state index contributed by atoms with van der Waals surface area (Å²) in [5, 5.41) is 3.07. The van der Waals surface area contributed by atoms with Crippen molar-refractivity contribution in [2.24, 2.45) is 0 Å². The normalized spacial score (nSPS) is 10.5. The maximum Gasteiger partial charge on any atom is 0.256 e. The van der Waals surface area contributed by atoms with Crippen LogP contribution in [0.3, 0.4) is 0 Å². The van der Waals surface area contributed by atoms with E-state index < -0.39 is 5.82 Å². The fourth-order valence-electron chi connectivity index (χ4n) is 1.72. The third kappa shape index (κ3) is 3.92. The van der Waals surface area contributed by atoms with Crippen molar-refractivity contribution in [1.29, 1.82) is 0 Å². The van der Waals surface area contributed by atoms with Crippen LogP contribution in [0.1, 0.15) is 12.5 Å². The van der Waals surface area contributed by atoms with Gasteiger partial charge in [0.15, 0.2) is 5.82 Å². The third-order valence-corrected chi connectivity index (χ3v) is 3.47. The first-order chi connectivity index (χ1) is 10.2. The lowest BCUT2D eigenvalue weighted by molar-refractivity contribution is 0.404. The summed E-state index contributed by atoms with van der Waals surface area (Å²) in [6, 6.07) is 6.81. The number of ether oxygens (including phenoxy) is 2. The molecular weight excluding hydrogens is 339 g/mol. The largest absolute Gasteiger partial charge is 0.497 e. The number of aromatic nitrogens is 1. The summed E-state index contributed by atoms with van der Waals surface area (Å²) in [6.45, 7) is 3.16. The monoisotopic (exact) mass is 354 g/mol. The maximum atomic E-state index is 14.3. The lowest BCUT2D eigenvalue weighted by Crippen LogP contribution is -2.13. The quantitative estimate of drug-likeness (QED) is 0.854. The molecule has 1 aromatic heterocycles. The molecule has 1 N–H and O–H groups in total. The second-order valence-corrected chi connectivity index (χ2v) is 5.12. The summed E-state index contributed by atoms with van der Waals surface area (Å²) in [5.41, 5.74) is 0.520. The first-order valence-corrected chi connectivity index (χ1v) is 7.30. The van der Waals surface area contributed by atoms with Crippen LogP contribution >= 0.6 is 15.9 Å². The van der Waals surface area contributed by atoms with Gasteiger partial charge in [0.1, 0.15) is 11.5 Å². The van der Waals surface area contributed by atoms with Crippen LogP contribution in [-0.2, 0) is 6.54 Å². The number of halogens is 2. The maximum absolute atomic E-state index is 14.3. The molecule has 0 saturated heterocycles. The van der Waals surface area contributed by atoms with Crippen LogP contribution < -0.4 is 14.8 Å². The van der Waals surface area contributed by atoms with Crippen LogP contribution in [0.4, 0.5) is 4.39 Å². The molecule has 6 heteroatoms. The number of hydrogen-bond acceptors (Lipinski definition) is 4. The van der Waals surface area contributed by atoms with Gasteiger partial charge in [0, 0.05) is 18.3 Å². The summed E-state index contributed by atoms with van der Waals surface area (Å²) in [5.74, 6) is 0.656. The van der Waals surface area contributed by atoms with Gasteiger partial charge in [0.2, 0.25) is 0 Å². The Kier molecular flexibility index (Phi) is 5.52. The second-order valence-electron chi connectivity index (χ2n) is 4.27. The van der Waals surface area contributed by atoms with E-state index in [1.807, 2.05) is 6.92 Å². The zero-order chi connectivity index (χ0) is 15.2. The summed E-state index contributed by atoms with van der Waals surface area (Å²) in [6.07, 6.45) is 1.53. The number of hydrogen-bond donors (Lipinski definition) is 1. The number of nitrogens with one attached hydrogen (secondary N) is 1. The predicted molar refractivity (Wildman–Crippen MR) is 82.3 cm³/mol. The molecule has 0 spiro atoms. The van der Waals surface area contributed by atoms with Crippen molar-refractivity contribution in [1.82, 2.24) is 10.3 Å². The van der Waals surface area contributed by atoms with Crippen molar-refractivity contribution in [2.75, 3.05) is 13.7 Å². The van der Waals surface area contributed by atoms with E-state index in [1.54, 1.807) is 31.4 Å². The van der Waals surface area contributed by atoms with Gasteiger partial charge in [0.25, 0.3) is 5.88 Å². The first-order valence-electron chi connectivity index (χ1n) is 6.51. The van der Waals surface area contributed by atoms with E-state index in [0.29, 0.717) is 28.1 Å². The molecule has 1 heterocycles. The molecule has 0 unspecified atom stereocenters. The van der Waals surface area contributed by atoms with Crippen LogP contribution in [0.15, 0.2) is 34.9 Å². The van der Waals surface area contributed by atoms with Gasteiger partial charge in [-0.1, -0.05) is 6.92 Å². The van der Waals surface area contributed by atoms with Gasteiger partial charge in [0.05, 0.1) is 11.6 Å². The lowest BCUT2D eigenvalue weighted by atomic mass is 10.2. The highest BCUT2D eigenvalue weighted by molar-refractivity contribution is 9.10. The minimum Gasteiger partial charge on any atom is -0.497 e. The van der Waals surface area contributed by atoms with E-state index in [2.05, 4.69) is 26.2 Å². The van der Waals surface area contributed by atoms with Gasteiger partial charge in [-0.05, 0) is 46.7 Å². The summed E-state index contributed by atoms with van der Waals surface area (Å²) < 4.78 is 25.6. The molecule has 0 radical (unpaired) electrons. The Morgan fingerprint density at radius 3 is 2.81 bits per heavy atom. The Morgan fingerprint density at radius 1 is 1.33 bits per heavy atom. The Bertz CT molecular complexity index is 623. The van der Waals surface area contributed by atoms with Crippen molar-refractivity contribution in [2.45, 2.75) is 13.5 Å². The number of nitrogens with zero attached hydrogens (tertiary/aromatic N) is 1. The third-order valence-electron chi connectivity index (χ3n) is 2.85. The van der Waals surface area contributed by atoms with E-state index in [4.69, 9.17) is 9.47 Å². The van der Waals surface area contributed by atoms with E-state index in [1.165, 1.54) is 6.20 Å². The van der Waals surface area contributed by atoms with Crippen molar-refractivity contribution < 1.29 is 13.9 Å². The summed E-state index contributed by atoms with van der Waals surface area (Å²) >= 11 is 3.36. The van der Waals surface area contributed by atoms with Crippen molar-refractivity contribution >= 4 is 15.9 Å². The van der Waals surface area contributed by atoms with Gasteiger partial charge in [-0.25, -0.2) is 9.37 Å². The van der Waals surface area contributed by atoms with Crippen LogP contribution in [0.5, 0.6) is 17.4 Å². The molecule has 2 aromatic rings. The molecule has 0 aliphatic carbocycles. The number of methoxy groups -OCH3 is 1. The highest BCUT2D eigenvalue weighted by Gasteiger charge is 2.13. The van der Waals surface area contributed by atoms with E-state index in [9.17, 15) is 4.39 Å². The molecule has 0 bridgehead atoms. The van der Waals surface area contributed by atoms with Crippen molar-refractivity contribution in [3.05, 3.63) is 46.3 Å². The van der Waals surface area contributed by atoms with Gasteiger partial charge in [-0.15, -0.1) is 0 Å². The van der Waals surface area contributed by atoms with Crippen LogP contribution in [-0.4, -0.2) is 18.6 Å². The SMILES string of the molecule is CCNCc1ccnc(Oc2ccc(OC)cc2Br)c1F.